The van der Waals surface area contributed by atoms with E-state index >= 15 is 0 Å². The van der Waals surface area contributed by atoms with Crippen LogP contribution in [0.1, 0.15) is 32.8 Å². The fraction of sp³-hybridized carbons (Fsp3) is 0.500. The minimum absolute atomic E-state index is 0.0873. The summed E-state index contributed by atoms with van der Waals surface area (Å²) in [5, 5.41) is 6.72. The highest BCUT2D eigenvalue weighted by atomic mass is 32.1. The van der Waals surface area contributed by atoms with E-state index in [-0.39, 0.29) is 29.8 Å². The Morgan fingerprint density at radius 3 is 2.50 bits per heavy atom. The molecule has 3 fully saturated rings. The van der Waals surface area contributed by atoms with Crippen LogP contribution in [0.15, 0.2) is 23.7 Å². The number of piperidine rings is 1. The number of fused-ring (bicyclic) bond motifs is 3. The maximum atomic E-state index is 13.6. The van der Waals surface area contributed by atoms with Crippen molar-refractivity contribution in [2.45, 2.75) is 51.1 Å². The lowest BCUT2D eigenvalue weighted by molar-refractivity contribution is -0.136. The summed E-state index contributed by atoms with van der Waals surface area (Å²) in [4.78, 5) is 24.5. The molecule has 2 unspecified atom stereocenters. The molecule has 32 heavy (non-hydrogen) atoms. The molecule has 0 radical (unpaired) electrons. The zero-order chi connectivity index (χ0) is 22.8. The number of ether oxygens (including phenoxy) is 1. The molecular formula is C20H21F3N6O2S. The number of hydrogen-bond donors (Lipinski definition) is 0. The SMILES string of the molecule is CC(C)(C)OC(=O)N1C2CC1CN(c1nc3c(C(F)(F)F)ccc(-c4nccs4)n3n1)C2. The van der Waals surface area contributed by atoms with Crippen LogP contribution in [0.4, 0.5) is 23.9 Å². The Morgan fingerprint density at radius 1 is 1.19 bits per heavy atom. The first kappa shape index (κ1) is 21.0. The van der Waals surface area contributed by atoms with E-state index in [1.54, 1.807) is 16.5 Å². The lowest BCUT2D eigenvalue weighted by Gasteiger charge is -2.55. The number of pyridine rings is 1. The van der Waals surface area contributed by atoms with Gasteiger partial charge in [0.15, 0.2) is 5.65 Å². The number of thiazole rings is 1. The van der Waals surface area contributed by atoms with Crippen molar-refractivity contribution < 1.29 is 22.7 Å². The number of carbonyl (C=O) groups excluding carboxylic acids is 1. The summed E-state index contributed by atoms with van der Waals surface area (Å²) in [7, 11) is 0. The molecule has 3 aromatic rings. The van der Waals surface area contributed by atoms with Crippen LogP contribution in [-0.2, 0) is 10.9 Å². The number of amides is 1. The molecule has 6 rings (SSSR count). The number of carbonyl (C=O) groups is 1. The molecule has 3 aliphatic heterocycles. The molecule has 0 aliphatic carbocycles. The molecule has 170 valence electrons. The highest BCUT2D eigenvalue weighted by Gasteiger charge is 2.49. The first-order chi connectivity index (χ1) is 15.0. The van der Waals surface area contributed by atoms with Crippen LogP contribution in [0.3, 0.4) is 0 Å². The molecule has 0 N–H and O–H groups in total. The Kier molecular flexibility index (Phi) is 4.63. The summed E-state index contributed by atoms with van der Waals surface area (Å²) in [5.74, 6) is 0.207. The Bertz CT molecular complexity index is 1160. The maximum absolute atomic E-state index is 13.6. The molecule has 0 saturated carbocycles. The monoisotopic (exact) mass is 466 g/mol. The molecule has 12 heteroatoms. The first-order valence-electron chi connectivity index (χ1n) is 10.1. The minimum Gasteiger partial charge on any atom is -0.444 e. The first-order valence-corrected chi connectivity index (χ1v) is 11.0. The summed E-state index contributed by atoms with van der Waals surface area (Å²) < 4.78 is 47.6. The van der Waals surface area contributed by atoms with Gasteiger partial charge in [-0.1, -0.05) is 0 Å². The van der Waals surface area contributed by atoms with Gasteiger partial charge in [0.25, 0.3) is 0 Å². The molecule has 2 bridgehead atoms. The van der Waals surface area contributed by atoms with E-state index in [2.05, 4.69) is 15.1 Å². The van der Waals surface area contributed by atoms with Gasteiger partial charge in [-0.05, 0) is 39.3 Å². The topological polar surface area (TPSA) is 75.9 Å². The van der Waals surface area contributed by atoms with E-state index < -0.39 is 17.3 Å². The third-order valence-corrected chi connectivity index (χ3v) is 6.31. The van der Waals surface area contributed by atoms with Crippen molar-refractivity contribution in [3.63, 3.8) is 0 Å². The number of alkyl halides is 3. The second kappa shape index (κ2) is 7.06. The summed E-state index contributed by atoms with van der Waals surface area (Å²) >= 11 is 1.31. The molecule has 8 nitrogen and oxygen atoms in total. The van der Waals surface area contributed by atoms with Gasteiger partial charge in [-0.2, -0.15) is 18.2 Å². The van der Waals surface area contributed by atoms with Crippen LogP contribution in [0.5, 0.6) is 0 Å². The summed E-state index contributed by atoms with van der Waals surface area (Å²) in [6, 6.07) is 2.21. The van der Waals surface area contributed by atoms with Gasteiger partial charge in [0, 0.05) is 24.7 Å². The van der Waals surface area contributed by atoms with E-state index in [1.165, 1.54) is 21.9 Å². The van der Waals surface area contributed by atoms with Gasteiger partial charge in [0.2, 0.25) is 5.95 Å². The predicted molar refractivity (Wildman–Crippen MR) is 112 cm³/mol. The number of aromatic nitrogens is 4. The van der Waals surface area contributed by atoms with Crippen molar-refractivity contribution >= 4 is 29.0 Å². The standard InChI is InChI=1S/C20H21F3N6O2S/c1-19(2,3)31-18(30)28-11-8-12(28)10-27(9-11)17-25-15-13(20(21,22)23)4-5-14(29(15)26-17)16-24-6-7-32-16/h4-7,11-12H,8-10H2,1-3H3. The van der Waals surface area contributed by atoms with Gasteiger partial charge < -0.3 is 9.64 Å². The lowest BCUT2D eigenvalue weighted by Crippen LogP contribution is -2.70. The molecule has 0 spiro atoms. The van der Waals surface area contributed by atoms with Gasteiger partial charge in [0.05, 0.1) is 12.1 Å². The van der Waals surface area contributed by atoms with Crippen molar-refractivity contribution in [1.82, 2.24) is 24.5 Å². The summed E-state index contributed by atoms with van der Waals surface area (Å²) in [6.07, 6.45) is -2.52. The van der Waals surface area contributed by atoms with Crippen LogP contribution >= 0.6 is 11.3 Å². The van der Waals surface area contributed by atoms with Gasteiger partial charge in [-0.15, -0.1) is 16.4 Å². The Hall–Kier alpha value is -2.89. The maximum Gasteiger partial charge on any atom is 0.420 e. The van der Waals surface area contributed by atoms with Crippen LogP contribution < -0.4 is 4.90 Å². The number of halogens is 3. The molecule has 2 atom stereocenters. The number of piperazine rings is 1. The number of anilines is 1. The van der Waals surface area contributed by atoms with Crippen LogP contribution in [0.25, 0.3) is 16.3 Å². The van der Waals surface area contributed by atoms with Crippen molar-refractivity contribution in [3.8, 4) is 10.7 Å². The van der Waals surface area contributed by atoms with Crippen molar-refractivity contribution in [1.29, 1.82) is 0 Å². The normalized spacial score (nSPS) is 21.1. The zero-order valence-corrected chi connectivity index (χ0v) is 18.4. The Morgan fingerprint density at radius 2 is 1.91 bits per heavy atom. The van der Waals surface area contributed by atoms with Gasteiger partial charge in [0.1, 0.15) is 21.9 Å². The Balaban J connectivity index is 1.46. The second-order valence-corrected chi connectivity index (χ2v) is 9.84. The van der Waals surface area contributed by atoms with Crippen LogP contribution in [0, 0.1) is 0 Å². The largest absolute Gasteiger partial charge is 0.444 e. The Labute approximate surface area is 185 Å². The average Bonchev–Trinajstić information content (AvgIpc) is 3.35. The van der Waals surface area contributed by atoms with Gasteiger partial charge in [-0.3, -0.25) is 4.90 Å². The van der Waals surface area contributed by atoms with Gasteiger partial charge >= 0.3 is 12.3 Å². The molecular weight excluding hydrogens is 445 g/mol. The molecule has 6 heterocycles. The number of rotatable bonds is 2. The van der Waals surface area contributed by atoms with Crippen molar-refractivity contribution in [2.24, 2.45) is 0 Å². The fourth-order valence-electron chi connectivity index (χ4n) is 4.20. The molecule has 0 aromatic carbocycles. The van der Waals surface area contributed by atoms with Crippen LogP contribution in [-0.4, -0.2) is 61.3 Å². The van der Waals surface area contributed by atoms with Crippen LogP contribution in [0.2, 0.25) is 0 Å². The van der Waals surface area contributed by atoms with E-state index in [9.17, 15) is 18.0 Å². The fourth-order valence-corrected chi connectivity index (χ4v) is 4.85. The highest BCUT2D eigenvalue weighted by molar-refractivity contribution is 7.13. The van der Waals surface area contributed by atoms with Crippen molar-refractivity contribution in [2.75, 3.05) is 18.0 Å². The van der Waals surface area contributed by atoms with Crippen molar-refractivity contribution in [3.05, 3.63) is 29.3 Å². The third kappa shape index (κ3) is 3.55. The molecule has 3 saturated heterocycles. The van der Waals surface area contributed by atoms with E-state index in [0.29, 0.717) is 23.8 Å². The van der Waals surface area contributed by atoms with E-state index in [1.807, 2.05) is 25.7 Å². The molecule has 3 aromatic heterocycles. The third-order valence-electron chi connectivity index (χ3n) is 5.51. The quantitative estimate of drug-likeness (QED) is 0.567. The smallest absolute Gasteiger partial charge is 0.420 e. The summed E-state index contributed by atoms with van der Waals surface area (Å²) in [5.41, 5.74) is -1.26. The second-order valence-electron chi connectivity index (χ2n) is 8.95. The van der Waals surface area contributed by atoms with Gasteiger partial charge in [-0.25, -0.2) is 14.3 Å². The number of hydrogen-bond acceptors (Lipinski definition) is 7. The predicted octanol–water partition coefficient (Wildman–Crippen LogP) is 4.07. The molecule has 3 aliphatic rings. The summed E-state index contributed by atoms with van der Waals surface area (Å²) in [6.45, 7) is 6.30. The average molecular weight is 466 g/mol. The lowest BCUT2D eigenvalue weighted by atomic mass is 9.88. The highest BCUT2D eigenvalue weighted by Crippen LogP contribution is 2.38. The zero-order valence-electron chi connectivity index (χ0n) is 17.6. The minimum atomic E-state index is -4.56. The van der Waals surface area contributed by atoms with E-state index in [4.69, 9.17) is 4.74 Å². The molecule has 1 amide bonds. The van der Waals surface area contributed by atoms with E-state index in [0.717, 1.165) is 12.5 Å². The number of nitrogens with zero attached hydrogens (tertiary/aromatic N) is 6.